The van der Waals surface area contributed by atoms with Gasteiger partial charge in [0.1, 0.15) is 11.6 Å². The maximum absolute atomic E-state index is 11.3. The number of hydrogen-bond acceptors (Lipinski definition) is 5. The van der Waals surface area contributed by atoms with E-state index >= 15 is 0 Å². The van der Waals surface area contributed by atoms with Crippen LogP contribution in [-0.4, -0.2) is 43.8 Å². The third-order valence-electron chi connectivity index (χ3n) is 3.73. The molecule has 1 atom stereocenters. The SMILES string of the molecule is CS(=O)(=O)NC1CCCN(c2ccnc(C3CC3)n2)C1. The van der Waals surface area contributed by atoms with Gasteiger partial charge in [0.05, 0.1) is 6.26 Å². The summed E-state index contributed by atoms with van der Waals surface area (Å²) in [6.07, 6.45) is 7.23. The van der Waals surface area contributed by atoms with Crippen molar-refractivity contribution in [3.05, 3.63) is 18.1 Å². The topological polar surface area (TPSA) is 75.2 Å². The van der Waals surface area contributed by atoms with Gasteiger partial charge in [0.25, 0.3) is 0 Å². The zero-order chi connectivity index (χ0) is 14.2. The van der Waals surface area contributed by atoms with E-state index in [1.807, 2.05) is 12.3 Å². The monoisotopic (exact) mass is 296 g/mol. The first kappa shape index (κ1) is 13.8. The fourth-order valence-electron chi connectivity index (χ4n) is 2.66. The van der Waals surface area contributed by atoms with Crippen LogP contribution in [0.3, 0.4) is 0 Å². The smallest absolute Gasteiger partial charge is 0.209 e. The van der Waals surface area contributed by atoms with Crippen LogP contribution in [0, 0.1) is 0 Å². The molecule has 7 heteroatoms. The molecular formula is C13H20N4O2S. The van der Waals surface area contributed by atoms with Crippen LogP contribution in [0.2, 0.25) is 0 Å². The predicted octanol–water partition coefficient (Wildman–Crippen LogP) is 0.872. The van der Waals surface area contributed by atoms with E-state index in [1.54, 1.807) is 0 Å². The van der Waals surface area contributed by atoms with Crippen molar-refractivity contribution in [1.29, 1.82) is 0 Å². The first-order chi connectivity index (χ1) is 9.51. The van der Waals surface area contributed by atoms with Crippen LogP contribution >= 0.6 is 0 Å². The summed E-state index contributed by atoms with van der Waals surface area (Å²) in [7, 11) is -3.15. The fourth-order valence-corrected chi connectivity index (χ4v) is 3.46. The molecule has 1 aromatic heterocycles. The second-order valence-electron chi connectivity index (χ2n) is 5.72. The first-order valence-electron chi connectivity index (χ1n) is 7.06. The van der Waals surface area contributed by atoms with Crippen molar-refractivity contribution < 1.29 is 8.42 Å². The summed E-state index contributed by atoms with van der Waals surface area (Å²) in [6.45, 7) is 1.59. The van der Waals surface area contributed by atoms with Gasteiger partial charge in [-0.25, -0.2) is 23.1 Å². The van der Waals surface area contributed by atoms with E-state index < -0.39 is 10.0 Å². The third-order valence-corrected chi connectivity index (χ3v) is 4.49. The lowest BCUT2D eigenvalue weighted by Crippen LogP contribution is -2.47. The summed E-state index contributed by atoms with van der Waals surface area (Å²) in [6, 6.07) is 1.88. The van der Waals surface area contributed by atoms with Crippen molar-refractivity contribution in [2.75, 3.05) is 24.2 Å². The van der Waals surface area contributed by atoms with Crippen molar-refractivity contribution >= 4 is 15.8 Å². The number of rotatable bonds is 4. The van der Waals surface area contributed by atoms with Crippen molar-refractivity contribution in [1.82, 2.24) is 14.7 Å². The molecule has 0 aromatic carbocycles. The Morgan fingerprint density at radius 1 is 1.35 bits per heavy atom. The molecule has 2 aliphatic rings. The lowest BCUT2D eigenvalue weighted by Gasteiger charge is -2.33. The Hall–Kier alpha value is -1.21. The van der Waals surface area contributed by atoms with E-state index in [0.717, 1.165) is 31.0 Å². The minimum Gasteiger partial charge on any atom is -0.355 e. The second kappa shape index (κ2) is 5.29. The lowest BCUT2D eigenvalue weighted by molar-refractivity contribution is 0.465. The molecule has 0 spiro atoms. The van der Waals surface area contributed by atoms with E-state index in [2.05, 4.69) is 19.6 Å². The Labute approximate surface area is 119 Å². The summed E-state index contributed by atoms with van der Waals surface area (Å²) in [5.74, 6) is 2.38. The van der Waals surface area contributed by atoms with Crippen LogP contribution < -0.4 is 9.62 Å². The molecule has 1 saturated carbocycles. The van der Waals surface area contributed by atoms with Gasteiger partial charge in [0, 0.05) is 31.2 Å². The average Bonchev–Trinajstić information content (AvgIpc) is 3.21. The Balaban J connectivity index is 1.71. The van der Waals surface area contributed by atoms with Crippen LogP contribution in [0.15, 0.2) is 12.3 Å². The maximum Gasteiger partial charge on any atom is 0.209 e. The summed E-state index contributed by atoms with van der Waals surface area (Å²) < 4.78 is 25.4. The van der Waals surface area contributed by atoms with E-state index in [-0.39, 0.29) is 6.04 Å². The minimum atomic E-state index is -3.15. The molecule has 1 saturated heterocycles. The molecule has 1 aliphatic carbocycles. The Bertz CT molecular complexity index is 586. The Kier molecular flexibility index (Phi) is 3.64. The van der Waals surface area contributed by atoms with Gasteiger partial charge in [0.2, 0.25) is 10.0 Å². The van der Waals surface area contributed by atoms with Crippen LogP contribution in [-0.2, 0) is 10.0 Å². The first-order valence-corrected chi connectivity index (χ1v) is 8.95. The molecule has 1 aromatic rings. The van der Waals surface area contributed by atoms with Gasteiger partial charge in [-0.05, 0) is 31.7 Å². The molecule has 20 heavy (non-hydrogen) atoms. The molecule has 3 rings (SSSR count). The Morgan fingerprint density at radius 3 is 2.85 bits per heavy atom. The van der Waals surface area contributed by atoms with E-state index in [4.69, 9.17) is 0 Å². The molecule has 110 valence electrons. The standard InChI is InChI=1S/C13H20N4O2S/c1-20(18,19)16-11-3-2-8-17(9-11)12-6-7-14-13(15-12)10-4-5-10/h6-7,10-11,16H,2-5,8-9H2,1H3. The quantitative estimate of drug-likeness (QED) is 0.892. The lowest BCUT2D eigenvalue weighted by atomic mass is 10.1. The molecule has 6 nitrogen and oxygen atoms in total. The zero-order valence-electron chi connectivity index (χ0n) is 11.6. The molecule has 1 N–H and O–H groups in total. The molecule has 1 unspecified atom stereocenters. The van der Waals surface area contributed by atoms with Crippen LogP contribution in [0.4, 0.5) is 5.82 Å². The highest BCUT2D eigenvalue weighted by molar-refractivity contribution is 7.88. The van der Waals surface area contributed by atoms with Crippen molar-refractivity contribution in [3.8, 4) is 0 Å². The number of nitrogens with zero attached hydrogens (tertiary/aromatic N) is 3. The number of piperidine rings is 1. The highest BCUT2D eigenvalue weighted by Gasteiger charge is 2.28. The van der Waals surface area contributed by atoms with Crippen molar-refractivity contribution in [2.45, 2.75) is 37.6 Å². The highest BCUT2D eigenvalue weighted by atomic mass is 32.2. The second-order valence-corrected chi connectivity index (χ2v) is 7.50. The molecular weight excluding hydrogens is 276 g/mol. The summed E-state index contributed by atoms with van der Waals surface area (Å²) in [5, 5.41) is 0. The van der Waals surface area contributed by atoms with Gasteiger partial charge < -0.3 is 4.90 Å². The summed E-state index contributed by atoms with van der Waals surface area (Å²) in [4.78, 5) is 11.1. The van der Waals surface area contributed by atoms with Gasteiger partial charge in [-0.2, -0.15) is 0 Å². The van der Waals surface area contributed by atoms with Crippen LogP contribution in [0.1, 0.15) is 37.4 Å². The molecule has 0 radical (unpaired) electrons. The van der Waals surface area contributed by atoms with Crippen molar-refractivity contribution in [3.63, 3.8) is 0 Å². The number of anilines is 1. The van der Waals surface area contributed by atoms with Gasteiger partial charge in [-0.1, -0.05) is 0 Å². The zero-order valence-corrected chi connectivity index (χ0v) is 12.4. The molecule has 0 amide bonds. The predicted molar refractivity (Wildman–Crippen MR) is 77.2 cm³/mol. The number of hydrogen-bond donors (Lipinski definition) is 1. The third kappa shape index (κ3) is 3.46. The fraction of sp³-hybridized carbons (Fsp3) is 0.692. The van der Waals surface area contributed by atoms with Gasteiger partial charge in [-0.15, -0.1) is 0 Å². The van der Waals surface area contributed by atoms with E-state index in [0.29, 0.717) is 12.5 Å². The molecule has 1 aliphatic heterocycles. The van der Waals surface area contributed by atoms with Crippen LogP contribution in [0.25, 0.3) is 0 Å². The van der Waals surface area contributed by atoms with Gasteiger partial charge >= 0.3 is 0 Å². The average molecular weight is 296 g/mol. The molecule has 2 fully saturated rings. The summed E-state index contributed by atoms with van der Waals surface area (Å²) >= 11 is 0. The minimum absolute atomic E-state index is 0.0295. The van der Waals surface area contributed by atoms with Crippen LogP contribution in [0.5, 0.6) is 0 Å². The summed E-state index contributed by atoms with van der Waals surface area (Å²) in [5.41, 5.74) is 0. The van der Waals surface area contributed by atoms with Crippen molar-refractivity contribution in [2.24, 2.45) is 0 Å². The number of aromatic nitrogens is 2. The largest absolute Gasteiger partial charge is 0.355 e. The van der Waals surface area contributed by atoms with E-state index in [9.17, 15) is 8.42 Å². The van der Waals surface area contributed by atoms with E-state index in [1.165, 1.54) is 19.1 Å². The number of sulfonamides is 1. The maximum atomic E-state index is 11.3. The number of nitrogens with one attached hydrogen (secondary N) is 1. The highest BCUT2D eigenvalue weighted by Crippen LogP contribution is 2.38. The normalized spacial score (nSPS) is 23.9. The van der Waals surface area contributed by atoms with Gasteiger partial charge in [-0.3, -0.25) is 0 Å². The molecule has 2 heterocycles. The Morgan fingerprint density at radius 2 is 2.15 bits per heavy atom. The van der Waals surface area contributed by atoms with Gasteiger partial charge in [0.15, 0.2) is 0 Å². The molecule has 0 bridgehead atoms.